The summed E-state index contributed by atoms with van der Waals surface area (Å²) in [5, 5.41) is 17.7. The third-order valence-corrected chi connectivity index (χ3v) is 2.55. The maximum atomic E-state index is 12.9. The first-order valence-electron chi connectivity index (χ1n) is 4.76. The summed E-state index contributed by atoms with van der Waals surface area (Å²) in [7, 11) is 1.34. The molecule has 0 spiro atoms. The highest BCUT2D eigenvalue weighted by molar-refractivity contribution is 6.05. The molecule has 0 aliphatic heterocycles. The molecule has 0 radical (unpaired) electrons. The summed E-state index contributed by atoms with van der Waals surface area (Å²) in [4.78, 5) is 21.9. The molecular weight excluding hydrogens is 250 g/mol. The van der Waals surface area contributed by atoms with E-state index in [1.165, 1.54) is 19.2 Å². The van der Waals surface area contributed by atoms with Gasteiger partial charge in [-0.2, -0.15) is 0 Å². The molecule has 0 bridgehead atoms. The summed E-state index contributed by atoms with van der Waals surface area (Å²) in [6, 6.07) is 4.43. The molecule has 7 heteroatoms. The monoisotopic (exact) mass is 260 g/mol. The summed E-state index contributed by atoms with van der Waals surface area (Å²) >= 11 is 0. The van der Waals surface area contributed by atoms with E-state index in [9.17, 15) is 18.4 Å². The number of alkyl halides is 2. The highest BCUT2D eigenvalue weighted by Crippen LogP contribution is 2.33. The topological polar surface area (TPSA) is 83.8 Å². The number of benzene rings is 1. The number of carbonyl (C=O) groups is 2. The third kappa shape index (κ3) is 1.99. The van der Waals surface area contributed by atoms with Crippen LogP contribution in [-0.4, -0.2) is 35.7 Å². The summed E-state index contributed by atoms with van der Waals surface area (Å²) in [6.45, 7) is 0. The fourth-order valence-electron chi connectivity index (χ4n) is 1.51. The first-order chi connectivity index (χ1) is 8.37. The third-order valence-electron chi connectivity index (χ3n) is 2.55. The van der Waals surface area contributed by atoms with E-state index in [1.807, 2.05) is 0 Å². The van der Waals surface area contributed by atoms with Crippen LogP contribution in [0.5, 0.6) is 5.75 Å². The summed E-state index contributed by atoms with van der Waals surface area (Å²) in [5.41, 5.74) is -3.79. The maximum absolute atomic E-state index is 12.9. The Hall–Kier alpha value is -2.18. The Morgan fingerprint density at radius 2 is 1.61 bits per heavy atom. The van der Waals surface area contributed by atoms with Gasteiger partial charge in [-0.15, -0.1) is 0 Å². The van der Waals surface area contributed by atoms with Crippen molar-refractivity contribution in [1.82, 2.24) is 0 Å². The van der Waals surface area contributed by atoms with Gasteiger partial charge < -0.3 is 14.9 Å². The van der Waals surface area contributed by atoms with Gasteiger partial charge in [0, 0.05) is 0 Å². The summed E-state index contributed by atoms with van der Waals surface area (Å²) in [5.74, 6) is -3.93. The van der Waals surface area contributed by atoms with Gasteiger partial charge in [0.25, 0.3) is 6.43 Å². The second-order valence-electron chi connectivity index (χ2n) is 3.45. The Kier molecular flexibility index (Phi) is 3.85. The van der Waals surface area contributed by atoms with Gasteiger partial charge in [-0.3, -0.25) is 9.59 Å². The molecule has 18 heavy (non-hydrogen) atoms. The molecule has 98 valence electrons. The van der Waals surface area contributed by atoms with E-state index in [1.54, 1.807) is 0 Å². The van der Waals surface area contributed by atoms with Gasteiger partial charge in [-0.25, -0.2) is 8.78 Å². The van der Waals surface area contributed by atoms with Gasteiger partial charge in [0.15, 0.2) is 0 Å². The highest BCUT2D eigenvalue weighted by atomic mass is 19.3. The Bertz CT molecular complexity index is 441. The van der Waals surface area contributed by atoms with Crippen LogP contribution in [0, 0.1) is 0 Å². The van der Waals surface area contributed by atoms with Crippen LogP contribution in [0.25, 0.3) is 0 Å². The Morgan fingerprint density at radius 3 is 1.89 bits per heavy atom. The molecule has 0 fully saturated rings. The van der Waals surface area contributed by atoms with Crippen LogP contribution in [0.15, 0.2) is 24.3 Å². The largest absolute Gasteiger partial charge is 0.497 e. The lowest BCUT2D eigenvalue weighted by atomic mass is 9.81. The molecule has 0 aliphatic rings. The molecule has 1 rings (SSSR count). The highest BCUT2D eigenvalue weighted by Gasteiger charge is 2.56. The number of aliphatic carboxylic acids is 2. The predicted octanol–water partition coefficient (Wildman–Crippen LogP) is 1.37. The summed E-state index contributed by atoms with van der Waals surface area (Å²) in [6.07, 6.45) is -3.58. The Labute approximate surface area is 101 Å². The van der Waals surface area contributed by atoms with E-state index in [2.05, 4.69) is 0 Å². The van der Waals surface area contributed by atoms with E-state index >= 15 is 0 Å². The van der Waals surface area contributed by atoms with Crippen molar-refractivity contribution in [2.75, 3.05) is 7.11 Å². The number of hydrogen-bond acceptors (Lipinski definition) is 3. The smallest absolute Gasteiger partial charge is 0.331 e. The van der Waals surface area contributed by atoms with Crippen molar-refractivity contribution in [3.63, 3.8) is 0 Å². The minimum absolute atomic E-state index is 0.303. The van der Waals surface area contributed by atoms with Gasteiger partial charge in [-0.05, 0) is 17.7 Å². The number of hydrogen-bond donors (Lipinski definition) is 2. The number of ether oxygens (including phenoxy) is 1. The molecule has 0 saturated heterocycles. The molecule has 0 saturated carbocycles. The predicted molar refractivity (Wildman–Crippen MR) is 55.9 cm³/mol. The number of methoxy groups -OCH3 is 1. The lowest BCUT2D eigenvalue weighted by Gasteiger charge is -2.24. The molecule has 1 aromatic rings. The van der Waals surface area contributed by atoms with Crippen molar-refractivity contribution in [1.29, 1.82) is 0 Å². The average Bonchev–Trinajstić information content (AvgIpc) is 2.29. The van der Waals surface area contributed by atoms with Crippen LogP contribution in [0.4, 0.5) is 8.78 Å². The zero-order valence-corrected chi connectivity index (χ0v) is 9.26. The molecule has 2 N–H and O–H groups in total. The van der Waals surface area contributed by atoms with Crippen molar-refractivity contribution >= 4 is 11.9 Å². The van der Waals surface area contributed by atoms with E-state index < -0.39 is 29.3 Å². The van der Waals surface area contributed by atoms with Crippen molar-refractivity contribution in [2.24, 2.45) is 0 Å². The van der Waals surface area contributed by atoms with Crippen LogP contribution >= 0.6 is 0 Å². The summed E-state index contributed by atoms with van der Waals surface area (Å²) < 4.78 is 30.6. The van der Waals surface area contributed by atoms with Crippen molar-refractivity contribution in [3.8, 4) is 5.75 Å². The molecule has 0 atom stereocenters. The number of halogens is 2. The van der Waals surface area contributed by atoms with Crippen LogP contribution < -0.4 is 4.74 Å². The molecule has 1 aromatic carbocycles. The molecule has 0 amide bonds. The van der Waals surface area contributed by atoms with Gasteiger partial charge >= 0.3 is 11.9 Å². The minimum atomic E-state index is -3.58. The number of carboxylic acids is 2. The SMILES string of the molecule is COc1ccc(C(C(=O)O)(C(=O)O)C(F)F)cc1. The molecular formula is C11H10F2O5. The first kappa shape index (κ1) is 13.9. The van der Waals surface area contributed by atoms with Crippen LogP contribution in [0.1, 0.15) is 5.56 Å². The second kappa shape index (κ2) is 4.99. The van der Waals surface area contributed by atoms with Crippen molar-refractivity contribution in [2.45, 2.75) is 11.8 Å². The van der Waals surface area contributed by atoms with E-state index in [0.29, 0.717) is 5.75 Å². The Balaban J connectivity index is 3.42. The van der Waals surface area contributed by atoms with Gasteiger partial charge in [0.05, 0.1) is 7.11 Å². The van der Waals surface area contributed by atoms with E-state index in [0.717, 1.165) is 12.1 Å². The quantitative estimate of drug-likeness (QED) is 0.781. The first-order valence-corrected chi connectivity index (χ1v) is 4.76. The van der Waals surface area contributed by atoms with Crippen molar-refractivity contribution in [3.05, 3.63) is 29.8 Å². The van der Waals surface area contributed by atoms with Gasteiger partial charge in [0.1, 0.15) is 5.75 Å². The number of rotatable bonds is 5. The van der Waals surface area contributed by atoms with Crippen LogP contribution in [0.2, 0.25) is 0 Å². The molecule has 0 aromatic heterocycles. The zero-order valence-electron chi connectivity index (χ0n) is 9.26. The molecule has 5 nitrogen and oxygen atoms in total. The molecule has 0 unspecified atom stereocenters. The van der Waals surface area contributed by atoms with Crippen LogP contribution in [0.3, 0.4) is 0 Å². The lowest BCUT2D eigenvalue weighted by molar-refractivity contribution is -0.166. The lowest BCUT2D eigenvalue weighted by Crippen LogP contribution is -2.49. The second-order valence-corrected chi connectivity index (χ2v) is 3.45. The molecule has 0 heterocycles. The van der Waals surface area contributed by atoms with Gasteiger partial charge in [-0.1, -0.05) is 12.1 Å². The van der Waals surface area contributed by atoms with E-state index in [-0.39, 0.29) is 0 Å². The standard InChI is InChI=1S/C11H10F2O5/c1-18-7-4-2-6(3-5-7)11(8(12)13,9(14)15)10(16)17/h2-5,8H,1H3,(H,14,15)(H,16,17). The van der Waals surface area contributed by atoms with Gasteiger partial charge in [0.2, 0.25) is 5.41 Å². The number of carboxylic acid groups (broad SMARTS) is 2. The molecule has 0 aliphatic carbocycles. The Morgan fingerprint density at radius 1 is 1.17 bits per heavy atom. The van der Waals surface area contributed by atoms with Crippen LogP contribution in [-0.2, 0) is 15.0 Å². The average molecular weight is 260 g/mol. The minimum Gasteiger partial charge on any atom is -0.497 e. The fraction of sp³-hybridized carbons (Fsp3) is 0.273. The van der Waals surface area contributed by atoms with Crippen molar-refractivity contribution < 1.29 is 33.3 Å². The maximum Gasteiger partial charge on any atom is 0.331 e. The zero-order chi connectivity index (χ0) is 13.9. The normalized spacial score (nSPS) is 11.3. The van der Waals surface area contributed by atoms with E-state index in [4.69, 9.17) is 14.9 Å². The fourth-order valence-corrected chi connectivity index (χ4v) is 1.51.